The summed E-state index contributed by atoms with van der Waals surface area (Å²) < 4.78 is 25.5. The van der Waals surface area contributed by atoms with Crippen molar-refractivity contribution >= 4 is 0 Å². The molecule has 2 nitrogen and oxygen atoms in total. The van der Waals surface area contributed by atoms with Crippen molar-refractivity contribution in [2.45, 2.75) is 44.1 Å². The molecule has 0 bridgehead atoms. The highest BCUT2D eigenvalue weighted by Gasteiger charge is 2.44. The summed E-state index contributed by atoms with van der Waals surface area (Å²) in [5, 5.41) is 9.96. The van der Waals surface area contributed by atoms with Crippen LogP contribution in [0.2, 0.25) is 0 Å². The van der Waals surface area contributed by atoms with Gasteiger partial charge in [0.1, 0.15) is 0 Å². The zero-order valence-electron chi connectivity index (χ0n) is 7.89. The molecule has 0 radical (unpaired) electrons. The summed E-state index contributed by atoms with van der Waals surface area (Å²) >= 11 is 0. The van der Waals surface area contributed by atoms with Gasteiger partial charge in [-0.25, -0.2) is 8.78 Å². The molecular weight excluding hydrogens is 176 g/mol. The summed E-state index contributed by atoms with van der Waals surface area (Å²) in [6.45, 7) is 2.16. The van der Waals surface area contributed by atoms with Gasteiger partial charge < -0.3 is 10.8 Å². The Morgan fingerprint density at radius 3 is 2.15 bits per heavy atom. The van der Waals surface area contributed by atoms with E-state index in [1.54, 1.807) is 0 Å². The quantitative estimate of drug-likeness (QED) is 0.698. The van der Waals surface area contributed by atoms with Crippen molar-refractivity contribution in [3.8, 4) is 0 Å². The standard InChI is InChI=1S/C9H17F2NO/c1-7(6-12)8(13)2-4-9(10,11)5-3-8/h7,13H,2-6,12H2,1H3. The molecule has 0 amide bonds. The predicted octanol–water partition coefficient (Wildman–Crippen LogP) is 1.52. The van der Waals surface area contributed by atoms with Crippen molar-refractivity contribution in [3.63, 3.8) is 0 Å². The first-order valence-electron chi connectivity index (χ1n) is 4.70. The second-order valence-corrected chi connectivity index (χ2v) is 4.10. The van der Waals surface area contributed by atoms with E-state index in [4.69, 9.17) is 5.73 Å². The average Bonchev–Trinajstić information content (AvgIpc) is 2.09. The van der Waals surface area contributed by atoms with Crippen LogP contribution in [0.15, 0.2) is 0 Å². The van der Waals surface area contributed by atoms with Gasteiger partial charge in [-0.05, 0) is 25.3 Å². The van der Waals surface area contributed by atoms with Crippen molar-refractivity contribution in [3.05, 3.63) is 0 Å². The second kappa shape index (κ2) is 3.50. The average molecular weight is 193 g/mol. The van der Waals surface area contributed by atoms with E-state index in [9.17, 15) is 13.9 Å². The summed E-state index contributed by atoms with van der Waals surface area (Å²) in [5.74, 6) is -2.68. The van der Waals surface area contributed by atoms with Crippen molar-refractivity contribution in [1.82, 2.24) is 0 Å². The zero-order chi connectivity index (χ0) is 10.1. The Hall–Kier alpha value is -0.220. The molecule has 4 heteroatoms. The molecule has 1 atom stereocenters. The molecule has 1 saturated carbocycles. The molecule has 0 spiro atoms. The summed E-state index contributed by atoms with van der Waals surface area (Å²) in [4.78, 5) is 0. The lowest BCUT2D eigenvalue weighted by molar-refractivity contribution is -0.122. The van der Waals surface area contributed by atoms with E-state index in [2.05, 4.69) is 0 Å². The SMILES string of the molecule is CC(CN)C1(O)CCC(F)(F)CC1. The first-order valence-corrected chi connectivity index (χ1v) is 4.70. The minimum Gasteiger partial charge on any atom is -0.390 e. The van der Waals surface area contributed by atoms with Gasteiger partial charge in [-0.15, -0.1) is 0 Å². The Morgan fingerprint density at radius 1 is 1.31 bits per heavy atom. The van der Waals surface area contributed by atoms with Gasteiger partial charge >= 0.3 is 0 Å². The van der Waals surface area contributed by atoms with Crippen molar-refractivity contribution in [2.24, 2.45) is 11.7 Å². The van der Waals surface area contributed by atoms with Crippen LogP contribution >= 0.6 is 0 Å². The van der Waals surface area contributed by atoms with E-state index in [0.29, 0.717) is 6.54 Å². The zero-order valence-corrected chi connectivity index (χ0v) is 7.89. The highest BCUT2D eigenvalue weighted by atomic mass is 19.3. The lowest BCUT2D eigenvalue weighted by Crippen LogP contribution is -2.45. The maximum Gasteiger partial charge on any atom is 0.248 e. The Labute approximate surface area is 77.1 Å². The van der Waals surface area contributed by atoms with Crippen molar-refractivity contribution in [2.75, 3.05) is 6.54 Å². The number of nitrogens with two attached hydrogens (primary N) is 1. The highest BCUT2D eigenvalue weighted by molar-refractivity contribution is 4.92. The van der Waals surface area contributed by atoms with Crippen LogP contribution < -0.4 is 5.73 Å². The smallest absolute Gasteiger partial charge is 0.248 e. The fraction of sp³-hybridized carbons (Fsp3) is 1.00. The molecule has 13 heavy (non-hydrogen) atoms. The van der Waals surface area contributed by atoms with Crippen LogP contribution in [-0.4, -0.2) is 23.2 Å². The number of halogens is 2. The lowest BCUT2D eigenvalue weighted by Gasteiger charge is -2.39. The predicted molar refractivity (Wildman–Crippen MR) is 46.6 cm³/mol. The van der Waals surface area contributed by atoms with E-state index in [1.807, 2.05) is 6.92 Å². The second-order valence-electron chi connectivity index (χ2n) is 4.10. The Kier molecular flexibility index (Phi) is 2.92. The fourth-order valence-electron chi connectivity index (χ4n) is 1.76. The van der Waals surface area contributed by atoms with Gasteiger partial charge in [0, 0.05) is 12.8 Å². The summed E-state index contributed by atoms with van der Waals surface area (Å²) in [6, 6.07) is 0. The van der Waals surface area contributed by atoms with Gasteiger partial charge in [0.05, 0.1) is 5.60 Å². The van der Waals surface area contributed by atoms with Crippen LogP contribution in [0, 0.1) is 5.92 Å². The summed E-state index contributed by atoms with van der Waals surface area (Å²) in [5.41, 5.74) is 4.45. The van der Waals surface area contributed by atoms with Crippen molar-refractivity contribution in [1.29, 1.82) is 0 Å². The molecule has 0 aliphatic heterocycles. The number of hydrogen-bond acceptors (Lipinski definition) is 2. The third-order valence-corrected chi connectivity index (χ3v) is 3.12. The minimum atomic E-state index is -2.58. The number of aliphatic hydroxyl groups is 1. The molecule has 1 aliphatic rings. The lowest BCUT2D eigenvalue weighted by atomic mass is 9.75. The molecule has 0 aromatic rings. The Balaban J connectivity index is 2.56. The number of alkyl halides is 2. The number of hydrogen-bond donors (Lipinski definition) is 2. The van der Waals surface area contributed by atoms with E-state index < -0.39 is 11.5 Å². The molecule has 0 aromatic heterocycles. The molecule has 1 fully saturated rings. The molecule has 0 aromatic carbocycles. The summed E-state index contributed by atoms with van der Waals surface area (Å²) in [7, 11) is 0. The van der Waals surface area contributed by atoms with Gasteiger partial charge in [-0.1, -0.05) is 6.92 Å². The molecular formula is C9H17F2NO. The highest BCUT2D eigenvalue weighted by Crippen LogP contribution is 2.41. The van der Waals surface area contributed by atoms with Crippen LogP contribution in [0.3, 0.4) is 0 Å². The maximum absolute atomic E-state index is 12.8. The van der Waals surface area contributed by atoms with Crippen LogP contribution in [0.4, 0.5) is 8.78 Å². The summed E-state index contributed by atoms with van der Waals surface area (Å²) in [6.07, 6.45) is -0.0988. The van der Waals surface area contributed by atoms with Crippen molar-refractivity contribution < 1.29 is 13.9 Å². The molecule has 0 saturated heterocycles. The van der Waals surface area contributed by atoms with Crippen LogP contribution in [0.1, 0.15) is 32.6 Å². The largest absolute Gasteiger partial charge is 0.390 e. The maximum atomic E-state index is 12.8. The molecule has 0 heterocycles. The topological polar surface area (TPSA) is 46.2 Å². The fourth-order valence-corrected chi connectivity index (χ4v) is 1.76. The van der Waals surface area contributed by atoms with Crippen LogP contribution in [0.25, 0.3) is 0 Å². The van der Waals surface area contributed by atoms with E-state index in [0.717, 1.165) is 0 Å². The van der Waals surface area contributed by atoms with E-state index in [1.165, 1.54) is 0 Å². The Bertz CT molecular complexity index is 174. The van der Waals surface area contributed by atoms with E-state index in [-0.39, 0.29) is 31.6 Å². The van der Waals surface area contributed by atoms with Gasteiger partial charge in [-0.2, -0.15) is 0 Å². The monoisotopic (exact) mass is 193 g/mol. The van der Waals surface area contributed by atoms with Gasteiger partial charge in [0.25, 0.3) is 0 Å². The molecule has 1 unspecified atom stereocenters. The Morgan fingerprint density at radius 2 is 1.77 bits per heavy atom. The third kappa shape index (κ3) is 2.38. The minimum absolute atomic E-state index is 0.0939. The third-order valence-electron chi connectivity index (χ3n) is 3.12. The molecule has 1 rings (SSSR count). The molecule has 78 valence electrons. The molecule has 3 N–H and O–H groups in total. The van der Waals surface area contributed by atoms with E-state index >= 15 is 0 Å². The van der Waals surface area contributed by atoms with Gasteiger partial charge in [0.15, 0.2) is 0 Å². The first-order chi connectivity index (χ1) is 5.90. The van der Waals surface area contributed by atoms with Crippen LogP contribution in [-0.2, 0) is 0 Å². The van der Waals surface area contributed by atoms with Gasteiger partial charge in [-0.3, -0.25) is 0 Å². The van der Waals surface area contributed by atoms with Gasteiger partial charge in [0.2, 0.25) is 5.92 Å². The molecule has 1 aliphatic carbocycles. The first kappa shape index (κ1) is 10.9. The van der Waals surface area contributed by atoms with Crippen LogP contribution in [0.5, 0.6) is 0 Å². The number of rotatable bonds is 2. The normalized spacial score (nSPS) is 28.4.